The molecule has 1 aromatic heterocycles. The van der Waals surface area contributed by atoms with Crippen molar-refractivity contribution < 1.29 is 14.7 Å². The molecule has 0 unspecified atom stereocenters. The Kier molecular flexibility index (Phi) is 4.33. The molecule has 2 amide bonds. The highest BCUT2D eigenvalue weighted by atomic mass is 16.4. The topological polar surface area (TPSA) is 91.3 Å². The molecular formula is C13H17N3O3. The van der Waals surface area contributed by atoms with Crippen LogP contribution in [0.15, 0.2) is 24.5 Å². The van der Waals surface area contributed by atoms with E-state index in [1.807, 2.05) is 12.1 Å². The number of aliphatic carboxylic acids is 1. The number of carboxylic acids is 1. The van der Waals surface area contributed by atoms with Crippen molar-refractivity contribution in [1.29, 1.82) is 0 Å². The highest BCUT2D eigenvalue weighted by molar-refractivity contribution is 5.75. The smallest absolute Gasteiger partial charge is 0.315 e. The van der Waals surface area contributed by atoms with E-state index in [0.29, 0.717) is 19.4 Å². The lowest BCUT2D eigenvalue weighted by molar-refractivity contribution is -0.141. The Bertz CT molecular complexity index is 450. The molecule has 1 heterocycles. The number of carboxylic acid groups (broad SMARTS) is 1. The largest absolute Gasteiger partial charge is 0.481 e. The molecule has 1 aliphatic carbocycles. The number of carbonyl (C=O) groups is 2. The molecule has 6 heteroatoms. The maximum Gasteiger partial charge on any atom is 0.315 e. The van der Waals surface area contributed by atoms with Gasteiger partial charge >= 0.3 is 12.0 Å². The molecule has 0 saturated heterocycles. The van der Waals surface area contributed by atoms with Crippen molar-refractivity contribution in [3.63, 3.8) is 0 Å². The first-order valence-electron chi connectivity index (χ1n) is 6.31. The molecule has 0 aromatic carbocycles. The summed E-state index contributed by atoms with van der Waals surface area (Å²) in [7, 11) is 0. The van der Waals surface area contributed by atoms with E-state index in [0.717, 1.165) is 12.0 Å². The third-order valence-electron chi connectivity index (χ3n) is 3.32. The van der Waals surface area contributed by atoms with Crippen LogP contribution in [0.5, 0.6) is 0 Å². The number of carbonyl (C=O) groups excluding carboxylic acids is 1. The fourth-order valence-electron chi connectivity index (χ4n) is 2.26. The maximum absolute atomic E-state index is 11.7. The lowest BCUT2D eigenvalue weighted by atomic mass is 10.1. The van der Waals surface area contributed by atoms with Crippen molar-refractivity contribution >= 4 is 12.0 Å². The monoisotopic (exact) mass is 263 g/mol. The Labute approximate surface area is 111 Å². The van der Waals surface area contributed by atoms with Crippen molar-refractivity contribution in [3.8, 4) is 0 Å². The van der Waals surface area contributed by atoms with Crippen molar-refractivity contribution in [3.05, 3.63) is 30.1 Å². The van der Waals surface area contributed by atoms with E-state index < -0.39 is 5.97 Å². The van der Waals surface area contributed by atoms with Crippen LogP contribution in [0, 0.1) is 5.92 Å². The van der Waals surface area contributed by atoms with Crippen molar-refractivity contribution in [2.24, 2.45) is 5.92 Å². The Morgan fingerprint density at radius 3 is 2.68 bits per heavy atom. The van der Waals surface area contributed by atoms with Crippen LogP contribution >= 0.6 is 0 Å². The first-order valence-corrected chi connectivity index (χ1v) is 6.31. The lowest BCUT2D eigenvalue weighted by Gasteiger charge is -2.13. The average Bonchev–Trinajstić information content (AvgIpc) is 2.86. The molecule has 1 aromatic rings. The molecule has 0 aliphatic heterocycles. The number of hydrogen-bond acceptors (Lipinski definition) is 3. The van der Waals surface area contributed by atoms with E-state index in [2.05, 4.69) is 15.6 Å². The number of hydrogen-bond donors (Lipinski definition) is 3. The van der Waals surface area contributed by atoms with E-state index in [9.17, 15) is 9.59 Å². The molecular weight excluding hydrogens is 246 g/mol. The number of nitrogens with zero attached hydrogens (tertiary/aromatic N) is 1. The minimum atomic E-state index is -0.776. The zero-order valence-corrected chi connectivity index (χ0v) is 10.5. The van der Waals surface area contributed by atoms with Crippen LogP contribution in [0.2, 0.25) is 0 Å². The summed E-state index contributed by atoms with van der Waals surface area (Å²) in [4.78, 5) is 26.4. The molecule has 102 valence electrons. The molecule has 2 rings (SSSR count). The Morgan fingerprint density at radius 1 is 1.32 bits per heavy atom. The second-order valence-electron chi connectivity index (χ2n) is 4.73. The van der Waals surface area contributed by atoms with Gasteiger partial charge in [0.1, 0.15) is 0 Å². The minimum Gasteiger partial charge on any atom is -0.481 e. The Hall–Kier alpha value is -2.11. The van der Waals surface area contributed by atoms with Gasteiger partial charge in [-0.05, 0) is 37.0 Å². The number of urea groups is 1. The first-order chi connectivity index (χ1) is 9.15. The second kappa shape index (κ2) is 6.17. The van der Waals surface area contributed by atoms with E-state index >= 15 is 0 Å². The van der Waals surface area contributed by atoms with Gasteiger partial charge in [-0.15, -0.1) is 0 Å². The number of amides is 2. The lowest BCUT2D eigenvalue weighted by Crippen LogP contribution is -2.40. The molecule has 1 aliphatic rings. The van der Waals surface area contributed by atoms with Gasteiger partial charge in [-0.2, -0.15) is 0 Å². The van der Waals surface area contributed by atoms with Crippen molar-refractivity contribution in [2.45, 2.75) is 31.8 Å². The van der Waals surface area contributed by atoms with Gasteiger partial charge in [0.25, 0.3) is 0 Å². The molecule has 0 spiro atoms. The van der Waals surface area contributed by atoms with Crippen LogP contribution in [0.25, 0.3) is 0 Å². The predicted molar refractivity (Wildman–Crippen MR) is 68.4 cm³/mol. The number of aromatic nitrogens is 1. The molecule has 1 fully saturated rings. The van der Waals surface area contributed by atoms with Crippen LogP contribution in [0.4, 0.5) is 4.79 Å². The molecule has 6 nitrogen and oxygen atoms in total. The van der Waals surface area contributed by atoms with Crippen LogP contribution in [-0.2, 0) is 11.3 Å². The highest BCUT2D eigenvalue weighted by Crippen LogP contribution is 2.25. The molecule has 0 radical (unpaired) electrons. The minimum absolute atomic E-state index is 0.0430. The quantitative estimate of drug-likeness (QED) is 0.759. The summed E-state index contributed by atoms with van der Waals surface area (Å²) in [5, 5.41) is 14.4. The van der Waals surface area contributed by atoms with E-state index in [1.165, 1.54) is 0 Å². The van der Waals surface area contributed by atoms with Gasteiger partial charge in [0.2, 0.25) is 0 Å². The third kappa shape index (κ3) is 3.94. The van der Waals surface area contributed by atoms with Gasteiger partial charge in [0.05, 0.1) is 5.92 Å². The summed E-state index contributed by atoms with van der Waals surface area (Å²) >= 11 is 0. The zero-order valence-electron chi connectivity index (χ0n) is 10.5. The van der Waals surface area contributed by atoms with E-state index in [1.54, 1.807) is 12.4 Å². The van der Waals surface area contributed by atoms with E-state index in [-0.39, 0.29) is 18.0 Å². The predicted octanol–water partition coefficient (Wildman–Crippen LogP) is 1.13. The Balaban J connectivity index is 1.72. The molecule has 1 saturated carbocycles. The van der Waals surface area contributed by atoms with Crippen LogP contribution in [-0.4, -0.2) is 28.1 Å². The number of nitrogens with one attached hydrogen (secondary N) is 2. The summed E-state index contributed by atoms with van der Waals surface area (Å²) in [5.74, 6) is -1.10. The van der Waals surface area contributed by atoms with Gasteiger partial charge < -0.3 is 15.7 Å². The Morgan fingerprint density at radius 2 is 2.05 bits per heavy atom. The number of pyridine rings is 1. The molecule has 3 N–H and O–H groups in total. The third-order valence-corrected chi connectivity index (χ3v) is 3.32. The summed E-state index contributed by atoms with van der Waals surface area (Å²) < 4.78 is 0. The number of rotatable bonds is 4. The summed E-state index contributed by atoms with van der Waals surface area (Å²) in [6.45, 7) is 0.434. The molecule has 19 heavy (non-hydrogen) atoms. The SMILES string of the molecule is O=C(NCc1ccncc1)N[C@H]1CC[C@@H](C(=O)O)C1. The van der Waals surface area contributed by atoms with Gasteiger partial charge in [-0.3, -0.25) is 9.78 Å². The molecule has 0 bridgehead atoms. The fourth-order valence-corrected chi connectivity index (χ4v) is 2.26. The van der Waals surface area contributed by atoms with Gasteiger partial charge in [0, 0.05) is 25.0 Å². The van der Waals surface area contributed by atoms with Gasteiger partial charge in [-0.1, -0.05) is 0 Å². The summed E-state index contributed by atoms with van der Waals surface area (Å²) in [6, 6.07) is 3.36. The standard InChI is InChI=1S/C13H17N3O3/c17-12(18)10-1-2-11(7-10)16-13(19)15-8-9-3-5-14-6-4-9/h3-6,10-11H,1-2,7-8H2,(H,17,18)(H2,15,16,19)/t10-,11+/m1/s1. The first kappa shape index (κ1) is 13.3. The van der Waals surface area contributed by atoms with Crippen LogP contribution < -0.4 is 10.6 Å². The van der Waals surface area contributed by atoms with Crippen molar-refractivity contribution in [2.75, 3.05) is 0 Å². The average molecular weight is 263 g/mol. The maximum atomic E-state index is 11.7. The second-order valence-corrected chi connectivity index (χ2v) is 4.73. The van der Waals surface area contributed by atoms with Gasteiger partial charge in [-0.25, -0.2) is 4.79 Å². The van der Waals surface area contributed by atoms with Gasteiger partial charge in [0.15, 0.2) is 0 Å². The van der Waals surface area contributed by atoms with Crippen molar-refractivity contribution in [1.82, 2.24) is 15.6 Å². The fraction of sp³-hybridized carbons (Fsp3) is 0.462. The van der Waals surface area contributed by atoms with Crippen LogP contribution in [0.1, 0.15) is 24.8 Å². The highest BCUT2D eigenvalue weighted by Gasteiger charge is 2.30. The normalized spacial score (nSPS) is 21.9. The van der Waals surface area contributed by atoms with Crippen LogP contribution in [0.3, 0.4) is 0 Å². The van der Waals surface area contributed by atoms with E-state index in [4.69, 9.17) is 5.11 Å². The summed E-state index contributed by atoms with van der Waals surface area (Å²) in [6.07, 6.45) is 5.20. The summed E-state index contributed by atoms with van der Waals surface area (Å²) in [5.41, 5.74) is 0.972. The molecule has 2 atom stereocenters. The zero-order chi connectivity index (χ0) is 13.7.